The maximum atomic E-state index is 13.2. The van der Waals surface area contributed by atoms with Crippen molar-refractivity contribution < 1.29 is 32.5 Å². The standard InChI is InChI=1S/C44H88N3O7P/c1-5-9-12-15-17-19-20-22-24-27-30-33-44(49)47-42(40-54-55(50,52-36-8-4)53-38-35-45)39-51-37-34-41(31-28-25-14-11-7-3)46-43(48)32-29-26-23-21-18-16-13-10-6-2/h8,41-42H,4-7,9-40,45H2,1-3H3,(H,46,48)(H,47,49)/t41-,42-,55?/m1/s1. The second-order valence-corrected chi connectivity index (χ2v) is 17.1. The minimum absolute atomic E-state index is 0.00544. The van der Waals surface area contributed by atoms with E-state index in [4.69, 9.17) is 24.0 Å². The molecule has 0 rings (SSSR count). The van der Waals surface area contributed by atoms with Gasteiger partial charge in [-0.3, -0.25) is 23.2 Å². The number of amides is 2. The van der Waals surface area contributed by atoms with Gasteiger partial charge in [-0.2, -0.15) is 0 Å². The molecule has 0 aliphatic heterocycles. The average molecular weight is 802 g/mol. The van der Waals surface area contributed by atoms with Gasteiger partial charge in [-0.05, 0) is 25.7 Å². The maximum absolute atomic E-state index is 13.2. The molecule has 0 aromatic heterocycles. The van der Waals surface area contributed by atoms with Gasteiger partial charge in [0.1, 0.15) is 0 Å². The molecule has 4 N–H and O–H groups in total. The lowest BCUT2D eigenvalue weighted by molar-refractivity contribution is -0.123. The number of hydrogen-bond donors (Lipinski definition) is 3. The molecule has 10 nitrogen and oxygen atoms in total. The number of hydrogen-bond acceptors (Lipinski definition) is 8. The van der Waals surface area contributed by atoms with Crippen molar-refractivity contribution in [3.8, 4) is 0 Å². The summed E-state index contributed by atoms with van der Waals surface area (Å²) in [6.45, 7) is 10.9. The first-order chi connectivity index (χ1) is 26.8. The Hall–Kier alpha value is -1.29. The van der Waals surface area contributed by atoms with Gasteiger partial charge in [-0.1, -0.05) is 175 Å². The summed E-state index contributed by atoms with van der Waals surface area (Å²) in [4.78, 5) is 25.9. The molecular formula is C44H88N3O7P. The Morgan fingerprint density at radius 1 is 0.564 bits per heavy atom. The molecule has 11 heteroatoms. The van der Waals surface area contributed by atoms with E-state index in [1.54, 1.807) is 0 Å². The third-order valence-electron chi connectivity index (χ3n) is 9.98. The lowest BCUT2D eigenvalue weighted by atomic mass is 10.0. The summed E-state index contributed by atoms with van der Waals surface area (Å²) in [5.41, 5.74) is 5.57. The number of carbonyl (C=O) groups excluding carboxylic acids is 2. The molecule has 0 saturated heterocycles. The molecule has 55 heavy (non-hydrogen) atoms. The molecule has 0 radical (unpaired) electrons. The van der Waals surface area contributed by atoms with E-state index in [0.29, 0.717) is 25.9 Å². The van der Waals surface area contributed by atoms with Crippen molar-refractivity contribution in [2.45, 2.75) is 219 Å². The minimum atomic E-state index is -3.92. The van der Waals surface area contributed by atoms with E-state index in [0.717, 1.165) is 51.4 Å². The highest BCUT2D eigenvalue weighted by Crippen LogP contribution is 2.49. The summed E-state index contributed by atoms with van der Waals surface area (Å²) in [5.74, 6) is 0.0294. The zero-order chi connectivity index (χ0) is 40.5. The number of carbonyl (C=O) groups is 2. The Balaban J connectivity index is 5.01. The molecule has 1 unspecified atom stereocenters. The molecule has 0 aliphatic rings. The van der Waals surface area contributed by atoms with Crippen molar-refractivity contribution in [2.75, 3.05) is 39.6 Å². The van der Waals surface area contributed by atoms with Crippen molar-refractivity contribution in [3.63, 3.8) is 0 Å². The van der Waals surface area contributed by atoms with Gasteiger partial charge in [-0.15, -0.1) is 6.58 Å². The van der Waals surface area contributed by atoms with E-state index < -0.39 is 13.9 Å². The summed E-state index contributed by atoms with van der Waals surface area (Å²) in [6, 6.07) is -0.522. The molecule has 0 aromatic rings. The Kier molecular flexibility index (Phi) is 39.9. The summed E-state index contributed by atoms with van der Waals surface area (Å²) < 4.78 is 35.7. The Morgan fingerprint density at radius 3 is 1.45 bits per heavy atom. The Bertz CT molecular complexity index is 926. The van der Waals surface area contributed by atoms with Crippen LogP contribution in [0.1, 0.15) is 207 Å². The van der Waals surface area contributed by atoms with Gasteiger partial charge >= 0.3 is 7.82 Å². The highest BCUT2D eigenvalue weighted by molar-refractivity contribution is 7.48. The van der Waals surface area contributed by atoms with Gasteiger partial charge in [0.2, 0.25) is 11.8 Å². The largest absolute Gasteiger partial charge is 0.475 e. The van der Waals surface area contributed by atoms with E-state index in [1.165, 1.54) is 122 Å². The van der Waals surface area contributed by atoms with E-state index >= 15 is 0 Å². The molecule has 3 atom stereocenters. The third kappa shape index (κ3) is 36.8. The average Bonchev–Trinajstić information content (AvgIpc) is 3.18. The van der Waals surface area contributed by atoms with Crippen LogP contribution in [0.25, 0.3) is 0 Å². The van der Waals surface area contributed by atoms with Crippen molar-refractivity contribution >= 4 is 19.6 Å². The van der Waals surface area contributed by atoms with Gasteiger partial charge < -0.3 is 21.1 Å². The minimum Gasteiger partial charge on any atom is -0.379 e. The summed E-state index contributed by atoms with van der Waals surface area (Å²) in [7, 11) is -3.92. The van der Waals surface area contributed by atoms with Crippen molar-refractivity contribution in [2.24, 2.45) is 5.73 Å². The predicted octanol–water partition coefficient (Wildman–Crippen LogP) is 11.6. The fourth-order valence-corrected chi connectivity index (χ4v) is 7.82. The van der Waals surface area contributed by atoms with Gasteiger partial charge in [0, 0.05) is 32.0 Å². The number of nitrogens with one attached hydrogen (secondary N) is 2. The molecule has 0 saturated carbocycles. The van der Waals surface area contributed by atoms with Crippen LogP contribution in [0, 0.1) is 0 Å². The molecular weight excluding hydrogens is 713 g/mol. The molecule has 0 aromatic carbocycles. The molecule has 2 amide bonds. The third-order valence-corrected chi connectivity index (χ3v) is 11.4. The topological polar surface area (TPSA) is 138 Å². The van der Waals surface area contributed by atoms with Crippen LogP contribution < -0.4 is 16.4 Å². The number of phosphoric acid groups is 1. The van der Waals surface area contributed by atoms with Crippen LogP contribution in [0.4, 0.5) is 0 Å². The zero-order valence-corrected chi connectivity index (χ0v) is 37.0. The van der Waals surface area contributed by atoms with Gasteiger partial charge in [0.05, 0.1) is 32.5 Å². The van der Waals surface area contributed by atoms with Gasteiger partial charge in [0.25, 0.3) is 0 Å². The van der Waals surface area contributed by atoms with Crippen LogP contribution in [0.15, 0.2) is 12.7 Å². The first kappa shape index (κ1) is 53.7. The summed E-state index contributed by atoms with van der Waals surface area (Å²) in [6.07, 6.45) is 34.3. The second-order valence-electron chi connectivity index (χ2n) is 15.4. The van der Waals surface area contributed by atoms with E-state index in [1.807, 2.05) is 0 Å². The number of unbranched alkanes of at least 4 members (excludes halogenated alkanes) is 22. The van der Waals surface area contributed by atoms with E-state index in [-0.39, 0.29) is 50.8 Å². The highest BCUT2D eigenvalue weighted by atomic mass is 31.2. The van der Waals surface area contributed by atoms with E-state index in [2.05, 4.69) is 38.0 Å². The van der Waals surface area contributed by atoms with Crippen molar-refractivity contribution in [1.82, 2.24) is 10.6 Å². The Morgan fingerprint density at radius 2 is 1.00 bits per heavy atom. The highest BCUT2D eigenvalue weighted by Gasteiger charge is 2.28. The lowest BCUT2D eigenvalue weighted by Crippen LogP contribution is -2.42. The molecule has 0 aliphatic carbocycles. The normalized spacial score (nSPS) is 13.7. The summed E-state index contributed by atoms with van der Waals surface area (Å²) in [5, 5.41) is 6.32. The Labute approximate surface area is 339 Å². The molecule has 0 fully saturated rings. The first-order valence-corrected chi connectivity index (χ1v) is 24.3. The van der Waals surface area contributed by atoms with Crippen molar-refractivity contribution in [1.29, 1.82) is 0 Å². The second kappa shape index (κ2) is 40.9. The number of nitrogens with two attached hydrogens (primary N) is 1. The fourth-order valence-electron chi connectivity index (χ4n) is 6.61. The van der Waals surface area contributed by atoms with Gasteiger partial charge in [-0.25, -0.2) is 4.57 Å². The molecule has 0 spiro atoms. The number of phosphoric ester groups is 1. The number of ether oxygens (including phenoxy) is 1. The zero-order valence-electron chi connectivity index (χ0n) is 36.1. The SMILES string of the molecule is C=CCOP(=O)(OCCN)OC[C@@H](COCC[C@@H](CCCCCCC)NC(=O)CCCCCCCCCCC)NC(=O)CCCCCCCCCCCCC. The van der Waals surface area contributed by atoms with Crippen LogP contribution >= 0.6 is 7.82 Å². The van der Waals surface area contributed by atoms with Crippen LogP contribution in [0.5, 0.6) is 0 Å². The van der Waals surface area contributed by atoms with Crippen LogP contribution in [-0.4, -0.2) is 63.5 Å². The van der Waals surface area contributed by atoms with Crippen LogP contribution in [0.2, 0.25) is 0 Å². The summed E-state index contributed by atoms with van der Waals surface area (Å²) >= 11 is 0. The molecule has 0 heterocycles. The monoisotopic (exact) mass is 802 g/mol. The molecule has 0 bridgehead atoms. The van der Waals surface area contributed by atoms with Crippen molar-refractivity contribution in [3.05, 3.63) is 12.7 Å². The lowest BCUT2D eigenvalue weighted by Gasteiger charge is -2.23. The van der Waals surface area contributed by atoms with Gasteiger partial charge in [0.15, 0.2) is 0 Å². The van der Waals surface area contributed by atoms with E-state index in [9.17, 15) is 14.2 Å². The smallest absolute Gasteiger partial charge is 0.379 e. The maximum Gasteiger partial charge on any atom is 0.475 e. The first-order valence-electron chi connectivity index (χ1n) is 22.8. The molecule has 326 valence electrons. The van der Waals surface area contributed by atoms with Crippen LogP contribution in [-0.2, 0) is 32.5 Å². The fraction of sp³-hybridized carbons (Fsp3) is 0.909. The number of rotatable bonds is 44. The quantitative estimate of drug-likeness (QED) is 0.0314. The van der Waals surface area contributed by atoms with Crippen LogP contribution in [0.3, 0.4) is 0 Å². The predicted molar refractivity (Wildman–Crippen MR) is 230 cm³/mol.